The van der Waals surface area contributed by atoms with E-state index in [9.17, 15) is 18.7 Å². The summed E-state index contributed by atoms with van der Waals surface area (Å²) in [6.45, 7) is 1.85. The van der Waals surface area contributed by atoms with Crippen LogP contribution >= 0.6 is 0 Å². The Morgan fingerprint density at radius 3 is 2.47 bits per heavy atom. The monoisotopic (exact) mass is 516 g/mol. The maximum Gasteiger partial charge on any atom is 0.412 e. The molecule has 0 spiro atoms. The Morgan fingerprint density at radius 1 is 1.05 bits per heavy atom. The SMILES string of the molecule is Cc1cccc(CN(C(=O)O)c2c(N)nc(-n3nc(Cc4ccccc4F)c4ncc(F)cc43)nc2N)c1. The molecule has 5 aromatic rings. The molecular formula is C26H22F2N8O2. The molecule has 1 amide bonds. The van der Waals surface area contributed by atoms with Crippen LogP contribution in [0.25, 0.3) is 17.0 Å². The second-order valence-electron chi connectivity index (χ2n) is 8.65. The van der Waals surface area contributed by atoms with Crippen molar-refractivity contribution in [3.63, 3.8) is 0 Å². The van der Waals surface area contributed by atoms with Crippen LogP contribution in [0.4, 0.5) is 30.9 Å². The van der Waals surface area contributed by atoms with Gasteiger partial charge in [-0.05, 0) is 24.1 Å². The number of nitrogens with two attached hydrogens (primary N) is 2. The smallest absolute Gasteiger partial charge is 0.412 e. The molecule has 0 aliphatic rings. The van der Waals surface area contributed by atoms with Gasteiger partial charge in [0.2, 0.25) is 0 Å². The van der Waals surface area contributed by atoms with Gasteiger partial charge in [-0.2, -0.15) is 19.7 Å². The van der Waals surface area contributed by atoms with Gasteiger partial charge in [0.05, 0.1) is 24.0 Å². The molecule has 5 rings (SSSR count). The van der Waals surface area contributed by atoms with Gasteiger partial charge < -0.3 is 16.6 Å². The van der Waals surface area contributed by atoms with E-state index in [-0.39, 0.29) is 41.8 Å². The summed E-state index contributed by atoms with van der Waals surface area (Å²) in [5.74, 6) is -1.61. The van der Waals surface area contributed by atoms with Crippen molar-refractivity contribution in [1.82, 2.24) is 24.7 Å². The Balaban J connectivity index is 1.59. The van der Waals surface area contributed by atoms with E-state index >= 15 is 0 Å². The largest absolute Gasteiger partial charge is 0.465 e. The van der Waals surface area contributed by atoms with Gasteiger partial charge >= 0.3 is 6.09 Å². The molecule has 0 saturated carbocycles. The second kappa shape index (κ2) is 9.73. The molecule has 0 fully saturated rings. The molecule has 0 saturated heterocycles. The van der Waals surface area contributed by atoms with E-state index in [0.717, 1.165) is 16.7 Å². The fourth-order valence-electron chi connectivity index (χ4n) is 4.21. The zero-order valence-corrected chi connectivity index (χ0v) is 20.1. The maximum atomic E-state index is 14.3. The van der Waals surface area contributed by atoms with Crippen molar-refractivity contribution in [2.24, 2.45) is 0 Å². The minimum Gasteiger partial charge on any atom is -0.465 e. The number of aromatic nitrogens is 5. The van der Waals surface area contributed by atoms with Crippen molar-refractivity contribution >= 4 is 34.4 Å². The molecule has 0 bridgehead atoms. The number of hydrogen-bond donors (Lipinski definition) is 3. The lowest BCUT2D eigenvalue weighted by Crippen LogP contribution is -2.31. The Labute approximate surface area is 215 Å². The minimum atomic E-state index is -1.30. The molecule has 3 heterocycles. The molecular weight excluding hydrogens is 494 g/mol. The number of pyridine rings is 1. The van der Waals surface area contributed by atoms with E-state index in [2.05, 4.69) is 20.1 Å². The van der Waals surface area contributed by atoms with E-state index in [0.29, 0.717) is 22.3 Å². The summed E-state index contributed by atoms with van der Waals surface area (Å²) >= 11 is 0. The number of nitrogen functional groups attached to an aromatic ring is 2. The number of anilines is 3. The van der Waals surface area contributed by atoms with Crippen LogP contribution in [-0.4, -0.2) is 35.9 Å². The van der Waals surface area contributed by atoms with Gasteiger partial charge in [0.25, 0.3) is 5.95 Å². The zero-order valence-electron chi connectivity index (χ0n) is 20.1. The highest BCUT2D eigenvalue weighted by atomic mass is 19.1. The number of benzene rings is 2. The van der Waals surface area contributed by atoms with Crippen LogP contribution < -0.4 is 16.4 Å². The Morgan fingerprint density at radius 2 is 1.79 bits per heavy atom. The number of rotatable bonds is 6. The quantitative estimate of drug-likeness (QED) is 0.303. The average molecular weight is 517 g/mol. The first-order chi connectivity index (χ1) is 18.2. The van der Waals surface area contributed by atoms with Crippen LogP contribution in [0.3, 0.4) is 0 Å². The summed E-state index contributed by atoms with van der Waals surface area (Å²) in [5, 5.41) is 14.4. The topological polar surface area (TPSA) is 149 Å². The number of carboxylic acid groups (broad SMARTS) is 1. The number of nitrogens with zero attached hydrogens (tertiary/aromatic N) is 6. The maximum absolute atomic E-state index is 14.3. The molecule has 0 radical (unpaired) electrons. The summed E-state index contributed by atoms with van der Waals surface area (Å²) in [5.41, 5.74) is 15.2. The zero-order chi connectivity index (χ0) is 27.0. The van der Waals surface area contributed by atoms with Crippen LogP contribution in [0.2, 0.25) is 0 Å². The van der Waals surface area contributed by atoms with E-state index in [4.69, 9.17) is 11.5 Å². The van der Waals surface area contributed by atoms with Gasteiger partial charge in [-0.25, -0.2) is 18.6 Å². The van der Waals surface area contributed by atoms with E-state index < -0.39 is 17.7 Å². The summed E-state index contributed by atoms with van der Waals surface area (Å²) in [6.07, 6.45) is -0.201. The Kier molecular flexibility index (Phi) is 6.29. The molecule has 38 heavy (non-hydrogen) atoms. The van der Waals surface area contributed by atoms with Crippen molar-refractivity contribution in [3.05, 3.63) is 94.8 Å². The van der Waals surface area contributed by atoms with Gasteiger partial charge in [0, 0.05) is 12.5 Å². The average Bonchev–Trinajstić information content (AvgIpc) is 3.21. The molecule has 0 aliphatic carbocycles. The van der Waals surface area contributed by atoms with Gasteiger partial charge in [0.15, 0.2) is 11.6 Å². The molecule has 0 atom stereocenters. The molecule has 0 unspecified atom stereocenters. The van der Waals surface area contributed by atoms with Gasteiger partial charge in [-0.15, -0.1) is 0 Å². The summed E-state index contributed by atoms with van der Waals surface area (Å²) in [4.78, 5) is 25.7. The first-order valence-electron chi connectivity index (χ1n) is 11.5. The predicted molar refractivity (Wildman–Crippen MR) is 138 cm³/mol. The number of amides is 1. The van der Waals surface area contributed by atoms with Gasteiger partial charge in [-0.1, -0.05) is 48.0 Å². The number of aryl methyl sites for hydroxylation is 1. The highest BCUT2D eigenvalue weighted by Gasteiger charge is 2.25. The summed E-state index contributed by atoms with van der Waals surface area (Å²) in [7, 11) is 0. The Hall–Kier alpha value is -5.13. The number of fused-ring (bicyclic) bond motifs is 1. The van der Waals surface area contributed by atoms with Crippen LogP contribution in [0, 0.1) is 18.6 Å². The van der Waals surface area contributed by atoms with Crippen LogP contribution in [0.15, 0.2) is 60.8 Å². The first kappa shape index (κ1) is 24.6. The molecule has 12 heteroatoms. The highest BCUT2D eigenvalue weighted by Crippen LogP contribution is 2.31. The summed E-state index contributed by atoms with van der Waals surface area (Å²) < 4.78 is 29.7. The van der Waals surface area contributed by atoms with E-state index in [1.807, 2.05) is 25.1 Å². The lowest BCUT2D eigenvalue weighted by Gasteiger charge is -2.22. The Bertz CT molecular complexity index is 1660. The van der Waals surface area contributed by atoms with Crippen molar-refractivity contribution in [2.75, 3.05) is 16.4 Å². The van der Waals surface area contributed by atoms with Crippen molar-refractivity contribution in [3.8, 4) is 5.95 Å². The molecule has 5 N–H and O–H groups in total. The van der Waals surface area contributed by atoms with Crippen LogP contribution in [0.1, 0.15) is 22.4 Å². The van der Waals surface area contributed by atoms with E-state index in [1.54, 1.807) is 24.3 Å². The fourth-order valence-corrected chi connectivity index (χ4v) is 4.21. The number of carbonyl (C=O) groups is 1. The van der Waals surface area contributed by atoms with Crippen LogP contribution in [-0.2, 0) is 13.0 Å². The lowest BCUT2D eigenvalue weighted by atomic mass is 10.1. The second-order valence-corrected chi connectivity index (χ2v) is 8.65. The van der Waals surface area contributed by atoms with Gasteiger partial charge in [-0.3, -0.25) is 4.90 Å². The molecule has 3 aromatic heterocycles. The summed E-state index contributed by atoms with van der Waals surface area (Å²) in [6, 6.07) is 14.7. The van der Waals surface area contributed by atoms with Crippen LogP contribution in [0.5, 0.6) is 0 Å². The molecule has 0 aliphatic heterocycles. The molecule has 192 valence electrons. The molecule has 2 aromatic carbocycles. The third kappa shape index (κ3) is 4.66. The standard InChI is InChI=1S/C26H22F2N8O2/c1-14-5-4-6-15(9-14)13-35(26(37)38)22-23(29)32-25(33-24(22)30)36-20-11-17(27)12-31-21(20)19(34-36)10-16-7-2-3-8-18(16)28/h2-9,11-12H,10,13H2,1H3,(H,37,38)(H4,29,30,32,33). The highest BCUT2D eigenvalue weighted by molar-refractivity contribution is 5.94. The van der Waals surface area contributed by atoms with Crippen molar-refractivity contribution < 1.29 is 18.7 Å². The lowest BCUT2D eigenvalue weighted by molar-refractivity contribution is 0.201. The number of halogens is 2. The van der Waals surface area contributed by atoms with Crippen molar-refractivity contribution in [2.45, 2.75) is 19.9 Å². The predicted octanol–water partition coefficient (Wildman–Crippen LogP) is 4.24. The third-order valence-electron chi connectivity index (χ3n) is 5.91. The van der Waals surface area contributed by atoms with Gasteiger partial charge in [0.1, 0.15) is 22.8 Å². The number of hydrogen-bond acceptors (Lipinski definition) is 7. The van der Waals surface area contributed by atoms with E-state index in [1.165, 1.54) is 16.8 Å². The minimum absolute atomic E-state index is 0.0409. The normalized spacial score (nSPS) is 11.1. The van der Waals surface area contributed by atoms with Crippen molar-refractivity contribution in [1.29, 1.82) is 0 Å². The molecule has 10 nitrogen and oxygen atoms in total. The first-order valence-corrected chi connectivity index (χ1v) is 11.5. The third-order valence-corrected chi connectivity index (χ3v) is 5.91. The fraction of sp³-hybridized carbons (Fsp3) is 0.115.